The second kappa shape index (κ2) is 7.03. The van der Waals surface area contributed by atoms with Gasteiger partial charge in [0.2, 0.25) is 0 Å². The molecular formula is C14H18N2O5. The maximum Gasteiger partial charge on any atom is 0.346 e. The van der Waals surface area contributed by atoms with E-state index in [-0.39, 0.29) is 11.3 Å². The second-order valence-electron chi connectivity index (χ2n) is 4.96. The van der Waals surface area contributed by atoms with E-state index in [0.29, 0.717) is 13.2 Å². The van der Waals surface area contributed by atoms with Crippen molar-refractivity contribution in [3.05, 3.63) is 33.9 Å². The number of nitro benzene ring substituents is 1. The van der Waals surface area contributed by atoms with Gasteiger partial charge in [0.25, 0.3) is 5.69 Å². The van der Waals surface area contributed by atoms with Gasteiger partial charge >= 0.3 is 5.97 Å². The fourth-order valence-corrected chi connectivity index (χ4v) is 2.47. The van der Waals surface area contributed by atoms with Crippen LogP contribution in [-0.2, 0) is 0 Å². The minimum absolute atomic E-state index is 0.0497. The Balaban J connectivity index is 2.03. The van der Waals surface area contributed by atoms with Gasteiger partial charge in [-0.1, -0.05) is 12.5 Å². The van der Waals surface area contributed by atoms with Gasteiger partial charge in [-0.2, -0.15) is 0 Å². The molecule has 1 heterocycles. The Kier molecular flexibility index (Phi) is 5.10. The maximum atomic E-state index is 11.2. The summed E-state index contributed by atoms with van der Waals surface area (Å²) in [6.45, 7) is 3.05. The van der Waals surface area contributed by atoms with Gasteiger partial charge in [-0.3, -0.25) is 15.0 Å². The summed E-state index contributed by atoms with van der Waals surface area (Å²) in [4.78, 5) is 23.6. The molecule has 7 heteroatoms. The quantitative estimate of drug-likeness (QED) is 0.638. The van der Waals surface area contributed by atoms with Crippen LogP contribution in [0.15, 0.2) is 18.2 Å². The van der Waals surface area contributed by atoms with Crippen molar-refractivity contribution < 1.29 is 19.6 Å². The number of hydrogen-bond donors (Lipinski definition) is 1. The lowest BCUT2D eigenvalue weighted by atomic mass is 10.1. The lowest BCUT2D eigenvalue weighted by Gasteiger charge is -2.26. The number of likely N-dealkylation sites (tertiary alicyclic amines) is 1. The minimum atomic E-state index is -1.35. The molecule has 0 unspecified atom stereocenters. The zero-order valence-electron chi connectivity index (χ0n) is 11.7. The molecule has 0 bridgehead atoms. The molecule has 0 amide bonds. The van der Waals surface area contributed by atoms with Crippen molar-refractivity contribution in [2.24, 2.45) is 0 Å². The number of piperidine rings is 1. The van der Waals surface area contributed by atoms with Gasteiger partial charge in [0, 0.05) is 12.6 Å². The first-order valence-electron chi connectivity index (χ1n) is 6.95. The van der Waals surface area contributed by atoms with Crippen molar-refractivity contribution in [3.63, 3.8) is 0 Å². The molecule has 1 fully saturated rings. The van der Waals surface area contributed by atoms with E-state index in [4.69, 9.17) is 9.84 Å². The number of benzene rings is 1. The fraction of sp³-hybridized carbons (Fsp3) is 0.500. The molecular weight excluding hydrogens is 276 g/mol. The van der Waals surface area contributed by atoms with Crippen molar-refractivity contribution in [1.82, 2.24) is 4.90 Å². The highest BCUT2D eigenvalue weighted by Gasteiger charge is 2.24. The fourth-order valence-electron chi connectivity index (χ4n) is 2.47. The molecule has 2 rings (SSSR count). The summed E-state index contributed by atoms with van der Waals surface area (Å²) in [6.07, 6.45) is 3.57. The van der Waals surface area contributed by atoms with Gasteiger partial charge in [0.1, 0.15) is 12.4 Å². The topological polar surface area (TPSA) is 92.9 Å². The number of aromatic carboxylic acids is 1. The first kappa shape index (κ1) is 15.2. The van der Waals surface area contributed by atoms with Crippen molar-refractivity contribution in [2.75, 3.05) is 26.2 Å². The Labute approximate surface area is 122 Å². The van der Waals surface area contributed by atoms with Gasteiger partial charge in [-0.15, -0.1) is 0 Å². The molecule has 1 aliphatic rings. The molecule has 0 saturated carbocycles. The van der Waals surface area contributed by atoms with E-state index in [2.05, 4.69) is 4.90 Å². The van der Waals surface area contributed by atoms with Crippen molar-refractivity contribution in [2.45, 2.75) is 19.3 Å². The van der Waals surface area contributed by atoms with E-state index in [1.165, 1.54) is 24.6 Å². The monoisotopic (exact) mass is 294 g/mol. The van der Waals surface area contributed by atoms with Gasteiger partial charge in [-0.05, 0) is 32.0 Å². The highest BCUT2D eigenvalue weighted by molar-refractivity contribution is 5.95. The van der Waals surface area contributed by atoms with Crippen LogP contribution in [0.25, 0.3) is 0 Å². The Morgan fingerprint density at radius 3 is 2.67 bits per heavy atom. The smallest absolute Gasteiger partial charge is 0.346 e. The SMILES string of the molecule is O=C(O)c1c(OCCN2CCCCC2)cccc1[N+](=O)[O-]. The van der Waals surface area contributed by atoms with Gasteiger partial charge < -0.3 is 9.84 Å². The lowest BCUT2D eigenvalue weighted by Crippen LogP contribution is -2.33. The van der Waals surface area contributed by atoms with Crippen LogP contribution < -0.4 is 4.74 Å². The number of carbonyl (C=O) groups is 1. The molecule has 1 aromatic carbocycles. The molecule has 21 heavy (non-hydrogen) atoms. The molecule has 1 aliphatic heterocycles. The summed E-state index contributed by atoms with van der Waals surface area (Å²) >= 11 is 0. The predicted molar refractivity (Wildman–Crippen MR) is 75.8 cm³/mol. The van der Waals surface area contributed by atoms with Gasteiger partial charge in [-0.25, -0.2) is 4.79 Å². The summed E-state index contributed by atoms with van der Waals surface area (Å²) < 4.78 is 5.47. The average Bonchev–Trinajstić information content (AvgIpc) is 2.47. The predicted octanol–water partition coefficient (Wildman–Crippen LogP) is 2.16. The molecule has 1 saturated heterocycles. The zero-order chi connectivity index (χ0) is 15.2. The third kappa shape index (κ3) is 3.91. The Hall–Kier alpha value is -2.15. The van der Waals surface area contributed by atoms with E-state index in [1.54, 1.807) is 0 Å². The molecule has 0 spiro atoms. The first-order chi connectivity index (χ1) is 10.1. The van der Waals surface area contributed by atoms with Crippen LogP contribution in [0.4, 0.5) is 5.69 Å². The van der Waals surface area contributed by atoms with Crippen molar-refractivity contribution >= 4 is 11.7 Å². The number of nitro groups is 1. The molecule has 7 nitrogen and oxygen atoms in total. The minimum Gasteiger partial charge on any atom is -0.491 e. The van der Waals surface area contributed by atoms with Crippen molar-refractivity contribution in [1.29, 1.82) is 0 Å². The molecule has 0 radical (unpaired) electrons. The van der Waals surface area contributed by atoms with E-state index in [9.17, 15) is 14.9 Å². The van der Waals surface area contributed by atoms with Crippen LogP contribution in [0.1, 0.15) is 29.6 Å². The molecule has 1 aromatic rings. The highest BCUT2D eigenvalue weighted by Crippen LogP contribution is 2.28. The number of ether oxygens (including phenoxy) is 1. The van der Waals surface area contributed by atoms with Crippen LogP contribution in [0, 0.1) is 10.1 Å². The van der Waals surface area contributed by atoms with Crippen molar-refractivity contribution in [3.8, 4) is 5.75 Å². The summed E-state index contributed by atoms with van der Waals surface area (Å²) in [5, 5.41) is 20.0. The molecule has 0 aliphatic carbocycles. The molecule has 0 aromatic heterocycles. The Bertz CT molecular complexity index is 526. The highest BCUT2D eigenvalue weighted by atomic mass is 16.6. The number of nitrogens with zero attached hydrogens (tertiary/aromatic N) is 2. The number of rotatable bonds is 6. The lowest BCUT2D eigenvalue weighted by molar-refractivity contribution is -0.385. The van der Waals surface area contributed by atoms with Gasteiger partial charge in [0.05, 0.1) is 4.92 Å². The first-order valence-corrected chi connectivity index (χ1v) is 6.95. The summed E-state index contributed by atoms with van der Waals surface area (Å²) in [5.74, 6) is -1.30. The number of carboxylic acids is 1. The van der Waals surface area contributed by atoms with Crippen LogP contribution in [0.5, 0.6) is 5.75 Å². The van der Waals surface area contributed by atoms with Crippen LogP contribution in [-0.4, -0.2) is 47.1 Å². The number of hydrogen-bond acceptors (Lipinski definition) is 5. The summed E-state index contributed by atoms with van der Waals surface area (Å²) in [7, 11) is 0. The van der Waals surface area contributed by atoms with Crippen LogP contribution >= 0.6 is 0 Å². The molecule has 0 atom stereocenters. The third-order valence-electron chi connectivity index (χ3n) is 3.53. The second-order valence-corrected chi connectivity index (χ2v) is 4.96. The van der Waals surface area contributed by atoms with E-state index in [1.807, 2.05) is 0 Å². The Morgan fingerprint density at radius 1 is 1.33 bits per heavy atom. The largest absolute Gasteiger partial charge is 0.491 e. The summed E-state index contributed by atoms with van der Waals surface area (Å²) in [6, 6.07) is 4.05. The maximum absolute atomic E-state index is 11.2. The zero-order valence-corrected chi connectivity index (χ0v) is 11.7. The van der Waals surface area contributed by atoms with E-state index < -0.39 is 16.6 Å². The average molecular weight is 294 g/mol. The van der Waals surface area contributed by atoms with Gasteiger partial charge in [0.15, 0.2) is 5.56 Å². The Morgan fingerprint density at radius 2 is 2.05 bits per heavy atom. The summed E-state index contributed by atoms with van der Waals surface area (Å²) in [5.41, 5.74) is -0.834. The van der Waals surface area contributed by atoms with Crippen LogP contribution in [0.3, 0.4) is 0 Å². The molecule has 114 valence electrons. The number of carboxylic acid groups (broad SMARTS) is 1. The van der Waals surface area contributed by atoms with Crippen LogP contribution in [0.2, 0.25) is 0 Å². The van der Waals surface area contributed by atoms with E-state index in [0.717, 1.165) is 25.9 Å². The third-order valence-corrected chi connectivity index (χ3v) is 3.53. The van der Waals surface area contributed by atoms with E-state index >= 15 is 0 Å². The standard InChI is InChI=1S/C14H18N2O5/c17-14(18)13-11(16(19)20)5-4-6-12(13)21-10-9-15-7-2-1-3-8-15/h4-6H,1-3,7-10H2,(H,17,18). The molecule has 1 N–H and O–H groups in total. The normalized spacial score (nSPS) is 15.6.